The van der Waals surface area contributed by atoms with Gasteiger partial charge in [-0.2, -0.15) is 0 Å². The summed E-state index contributed by atoms with van der Waals surface area (Å²) in [5.41, 5.74) is 5.70. The van der Waals surface area contributed by atoms with E-state index < -0.39 is 108 Å². The Morgan fingerprint density at radius 1 is 0.673 bits per heavy atom. The number of ether oxygens (including phenoxy) is 11. The number of pyridine rings is 2. The molecular weight excluding hydrogens is 1440 g/mol. The first-order chi connectivity index (χ1) is 53.1. The zero-order valence-corrected chi connectivity index (χ0v) is 62.1. The van der Waals surface area contributed by atoms with Gasteiger partial charge in [0.1, 0.15) is 37.4 Å². The molecule has 0 radical (unpaired) electrons. The highest BCUT2D eigenvalue weighted by Gasteiger charge is 2.53. The zero-order chi connectivity index (χ0) is 78.2. The first kappa shape index (κ1) is 83.4. The fourth-order valence-corrected chi connectivity index (χ4v) is 14.0. The van der Waals surface area contributed by atoms with Crippen molar-refractivity contribution < 1.29 is 110 Å². The molecule has 6 aliphatic rings. The molecule has 0 saturated heterocycles. The van der Waals surface area contributed by atoms with Gasteiger partial charge in [-0.25, -0.2) is 14.2 Å². The summed E-state index contributed by atoms with van der Waals surface area (Å²) in [6.07, 6.45) is 7.03. The van der Waals surface area contributed by atoms with E-state index in [1.54, 1.807) is 50.2 Å². The number of nitrogens with one attached hydrogen (secondary N) is 6. The molecule has 0 bridgehead atoms. The number of aryl methyl sites for hydroxylation is 1. The molecule has 0 unspecified atom stereocenters. The lowest BCUT2D eigenvalue weighted by Gasteiger charge is -2.38. The first-order valence-electron chi connectivity index (χ1n) is 37.3. The second-order valence-electron chi connectivity index (χ2n) is 27.8. The maximum Gasteiger partial charge on any atom is 0.343 e. The molecule has 34 heteroatoms. The summed E-state index contributed by atoms with van der Waals surface area (Å²) >= 11 is 0. The monoisotopic (exact) mass is 1540 g/mol. The van der Waals surface area contributed by atoms with Crippen molar-refractivity contribution in [3.63, 3.8) is 0 Å². The van der Waals surface area contributed by atoms with Crippen LogP contribution in [-0.4, -0.2) is 242 Å². The fraction of sp³-hybridized carbons (Fsp3) is 0.579. The van der Waals surface area contributed by atoms with Gasteiger partial charge in [0.05, 0.1) is 166 Å². The van der Waals surface area contributed by atoms with Crippen LogP contribution in [0.25, 0.3) is 22.3 Å². The molecular formula is C76H99FN10O23. The average Bonchev–Trinajstić information content (AvgIpc) is 1.52. The molecule has 2 aromatic heterocycles. The summed E-state index contributed by atoms with van der Waals surface area (Å²) < 4.78 is 78.0. The average molecular weight is 1540 g/mol. The number of carbonyl (C=O) groups excluding carboxylic acids is 10. The molecule has 2 aromatic carbocycles. The molecule has 5 heterocycles. The van der Waals surface area contributed by atoms with E-state index in [2.05, 4.69) is 31.9 Å². The Bertz CT molecular complexity index is 4040. The van der Waals surface area contributed by atoms with E-state index in [1.165, 1.54) is 27.7 Å². The van der Waals surface area contributed by atoms with Crippen LogP contribution in [0.15, 0.2) is 59.4 Å². The number of primary amides is 1. The minimum Gasteiger partial charge on any atom is -0.458 e. The largest absolute Gasteiger partial charge is 0.458 e. The molecule has 0 spiro atoms. The Balaban J connectivity index is 0.517. The van der Waals surface area contributed by atoms with Crippen molar-refractivity contribution in [2.75, 3.05) is 152 Å². The van der Waals surface area contributed by atoms with E-state index in [9.17, 15) is 57.8 Å². The lowest BCUT2D eigenvalue weighted by atomic mass is 9.68. The number of esters is 1. The Hall–Kier alpha value is -9.07. The number of aromatic nitrogens is 2. The third-order valence-electron chi connectivity index (χ3n) is 20.5. The molecule has 3 atom stereocenters. The zero-order valence-electron chi connectivity index (χ0n) is 62.1. The van der Waals surface area contributed by atoms with Crippen molar-refractivity contribution in [2.45, 2.75) is 121 Å². The fourth-order valence-electron chi connectivity index (χ4n) is 14.0. The maximum absolute atomic E-state index is 15.5. The highest BCUT2D eigenvalue weighted by molar-refractivity contribution is 6.13. The number of aliphatic hydroxyl groups is 1. The van der Waals surface area contributed by atoms with Crippen LogP contribution >= 0.6 is 0 Å². The number of carbonyl (C=O) groups is 10. The van der Waals surface area contributed by atoms with Crippen molar-refractivity contribution in [1.82, 2.24) is 46.4 Å². The number of benzene rings is 2. The third kappa shape index (κ3) is 21.9. The summed E-state index contributed by atoms with van der Waals surface area (Å²) in [7, 11) is 0. The smallest absolute Gasteiger partial charge is 0.343 e. The van der Waals surface area contributed by atoms with Gasteiger partial charge >= 0.3 is 5.97 Å². The lowest BCUT2D eigenvalue weighted by molar-refractivity contribution is -0.172. The van der Waals surface area contributed by atoms with Gasteiger partial charge in [0.2, 0.25) is 35.4 Å². The van der Waals surface area contributed by atoms with Crippen LogP contribution in [0.2, 0.25) is 0 Å². The molecule has 110 heavy (non-hydrogen) atoms. The minimum atomic E-state index is -2.06. The molecule has 10 rings (SSSR count). The van der Waals surface area contributed by atoms with Crippen molar-refractivity contribution in [3.8, 4) is 11.4 Å². The number of imide groups is 1. The Morgan fingerprint density at radius 3 is 1.81 bits per heavy atom. The van der Waals surface area contributed by atoms with E-state index in [-0.39, 0.29) is 87.2 Å². The van der Waals surface area contributed by atoms with Gasteiger partial charge in [0.25, 0.3) is 23.3 Å². The van der Waals surface area contributed by atoms with Gasteiger partial charge in [-0.3, -0.25) is 52.8 Å². The normalized spacial score (nSPS) is 19.5. The van der Waals surface area contributed by atoms with Crippen LogP contribution in [0, 0.1) is 24.1 Å². The molecule has 4 aromatic rings. The summed E-state index contributed by atoms with van der Waals surface area (Å²) in [6, 6.07) is 9.84. The van der Waals surface area contributed by atoms with Gasteiger partial charge in [-0.15, -0.1) is 0 Å². The van der Waals surface area contributed by atoms with E-state index in [1.807, 2.05) is 0 Å². The van der Waals surface area contributed by atoms with Gasteiger partial charge in [0, 0.05) is 54.3 Å². The third-order valence-corrected chi connectivity index (χ3v) is 20.5. The topological polar surface area (TPSA) is 429 Å². The van der Waals surface area contributed by atoms with Crippen LogP contribution in [0.3, 0.4) is 0 Å². The quantitative estimate of drug-likeness (QED) is 0.0113. The Morgan fingerprint density at radius 2 is 1.23 bits per heavy atom. The second kappa shape index (κ2) is 40.2. The summed E-state index contributed by atoms with van der Waals surface area (Å²) in [5.74, 6) is -5.99. The standard InChI is InChI=1S/C76H99FN10O23/c1-3-76(99)54-38-59-68-52(44-86(59)70(95)53(54)45-109-73(76)98)67-56(10-9-51-48(2)55(77)39-57(84-68)66(51)67)85-72(97)75(17-18-75)110-47-82-61(89)41-81-69(94)58(37-49-7-5-4-6-8-49)83-62(90)42-79-60(88)40-80-63(91)46-108-36-35-107-34-33-106-32-31-105-30-29-104-28-27-103-26-25-102-24-23-101-22-21-100-20-19-74(71(78)96)15-13-50(14-16-74)43-87-64(92)11-12-65(87)93/h4-8,11-12,38-39,50,56,58,99H,3,9-10,13-37,40-47H2,1-2H3,(H2,78,96)(H,79,88)(H,80,91)(H,81,94)(H,82,89)(H,83,90)(H,85,97)/t50?,56-,58-,74?,76-/m0/s1. The van der Waals surface area contributed by atoms with Crippen LogP contribution < -0.4 is 43.2 Å². The van der Waals surface area contributed by atoms with Gasteiger partial charge in [-0.05, 0) is 105 Å². The number of halogens is 1. The number of hydrogen-bond acceptors (Lipinski definition) is 24. The van der Waals surface area contributed by atoms with E-state index >= 15 is 4.39 Å². The van der Waals surface area contributed by atoms with E-state index in [0.717, 1.165) is 5.56 Å². The van der Waals surface area contributed by atoms with Crippen LogP contribution in [0.1, 0.15) is 110 Å². The Labute approximate surface area is 634 Å². The SMILES string of the molecule is CC[C@@]1(O)C(=O)OCc2c1cc1n(c2=O)Cc2c-1nc1cc(F)c(C)c3c1c2[C@@H](NC(=O)C1(OCNC(=O)CNC(=O)[C@H](Cc2ccccc2)NC(=O)CNC(=O)CNC(=O)COCCOCCOCCOCCOCCOCCOCCOCCOCCC2(C(N)=O)CCC(CN4C(=O)C=CC4=O)CC2)CC1)CC3. The number of rotatable bonds is 48. The van der Waals surface area contributed by atoms with Gasteiger partial charge in [-0.1, -0.05) is 37.3 Å². The van der Waals surface area contributed by atoms with Crippen molar-refractivity contribution >= 4 is 70.0 Å². The predicted octanol–water partition coefficient (Wildman–Crippen LogP) is 0.456. The first-order valence-corrected chi connectivity index (χ1v) is 37.3. The number of hydrogen-bond donors (Lipinski definition) is 8. The predicted molar refractivity (Wildman–Crippen MR) is 387 cm³/mol. The van der Waals surface area contributed by atoms with Gasteiger partial charge in [0.15, 0.2) is 5.60 Å². The molecule has 9 N–H and O–H groups in total. The molecule has 3 aliphatic heterocycles. The number of nitrogens with zero attached hydrogens (tertiary/aromatic N) is 3. The lowest BCUT2D eigenvalue weighted by Crippen LogP contribution is -2.52. The van der Waals surface area contributed by atoms with Crippen molar-refractivity contribution in [2.24, 2.45) is 17.1 Å². The van der Waals surface area contributed by atoms with Crippen molar-refractivity contribution in [1.29, 1.82) is 0 Å². The van der Waals surface area contributed by atoms with E-state index in [4.69, 9.17) is 62.8 Å². The summed E-state index contributed by atoms with van der Waals surface area (Å²) in [5, 5.41) is 27.7. The highest BCUT2D eigenvalue weighted by Crippen LogP contribution is 2.48. The summed E-state index contributed by atoms with van der Waals surface area (Å²) in [4.78, 5) is 148. The van der Waals surface area contributed by atoms with Crippen LogP contribution in [0.5, 0.6) is 0 Å². The maximum atomic E-state index is 15.5. The van der Waals surface area contributed by atoms with Crippen LogP contribution in [0.4, 0.5) is 4.39 Å². The summed E-state index contributed by atoms with van der Waals surface area (Å²) in [6.45, 7) is 6.85. The number of fused-ring (bicyclic) bond motifs is 5. The number of cyclic esters (lactones) is 1. The minimum absolute atomic E-state index is 0.0232. The molecule has 2 saturated carbocycles. The van der Waals surface area contributed by atoms with Crippen molar-refractivity contribution in [3.05, 3.63) is 110 Å². The molecule has 9 amide bonds. The molecule has 33 nitrogen and oxygen atoms in total. The van der Waals surface area contributed by atoms with Gasteiger partial charge < -0.3 is 99.4 Å². The van der Waals surface area contributed by atoms with E-state index in [0.29, 0.717) is 201 Å². The molecule has 598 valence electrons. The number of amides is 9. The number of nitrogens with two attached hydrogens (primary N) is 1. The second-order valence-corrected chi connectivity index (χ2v) is 27.8. The molecule has 2 fully saturated rings. The Kier molecular flexibility index (Phi) is 30.5. The molecule has 3 aliphatic carbocycles. The van der Waals surface area contributed by atoms with Crippen LogP contribution in [-0.2, 0) is 132 Å². The highest BCUT2D eigenvalue weighted by atomic mass is 19.1.